The number of aromatic nitrogens is 2. The molecule has 0 aromatic carbocycles. The van der Waals surface area contributed by atoms with Gasteiger partial charge in [-0.2, -0.15) is 0 Å². The summed E-state index contributed by atoms with van der Waals surface area (Å²) < 4.78 is 5.59. The van der Waals surface area contributed by atoms with E-state index in [4.69, 9.17) is 4.42 Å². The van der Waals surface area contributed by atoms with Crippen molar-refractivity contribution < 1.29 is 4.42 Å². The van der Waals surface area contributed by atoms with Gasteiger partial charge in [0.1, 0.15) is 17.3 Å². The molecule has 0 spiro atoms. The van der Waals surface area contributed by atoms with Gasteiger partial charge in [0.2, 0.25) is 0 Å². The molecule has 0 aliphatic rings. The van der Waals surface area contributed by atoms with Crippen LogP contribution in [0.15, 0.2) is 28.8 Å². The van der Waals surface area contributed by atoms with Crippen LogP contribution in [0.5, 0.6) is 0 Å². The van der Waals surface area contributed by atoms with Crippen LogP contribution >= 0.6 is 0 Å². The lowest BCUT2D eigenvalue weighted by Crippen LogP contribution is -2.18. The molecule has 0 fully saturated rings. The summed E-state index contributed by atoms with van der Waals surface area (Å²) >= 11 is 0. The molecule has 18 heavy (non-hydrogen) atoms. The fraction of sp³-hybridized carbons (Fsp3) is 0.429. The Balaban J connectivity index is 2.29. The first kappa shape index (κ1) is 12.8. The molecule has 2 aromatic rings. The summed E-state index contributed by atoms with van der Waals surface area (Å²) in [6.45, 7) is 4.97. The van der Waals surface area contributed by atoms with Gasteiger partial charge in [-0.05, 0) is 38.6 Å². The van der Waals surface area contributed by atoms with E-state index in [2.05, 4.69) is 22.2 Å². The SMILES string of the molecule is CCC(CNC)c1nccc(-c2ccc(C)o2)n1. The van der Waals surface area contributed by atoms with Crippen molar-refractivity contribution in [3.05, 3.63) is 36.0 Å². The molecule has 0 saturated heterocycles. The largest absolute Gasteiger partial charge is 0.460 e. The standard InChI is InChI=1S/C14H19N3O/c1-4-11(9-15-3)14-16-8-7-12(17-14)13-6-5-10(2)18-13/h5-8,11,15H,4,9H2,1-3H3. The van der Waals surface area contributed by atoms with Gasteiger partial charge in [-0.1, -0.05) is 6.92 Å². The van der Waals surface area contributed by atoms with Gasteiger partial charge < -0.3 is 9.73 Å². The van der Waals surface area contributed by atoms with Gasteiger partial charge in [0, 0.05) is 18.7 Å². The average molecular weight is 245 g/mol. The second kappa shape index (κ2) is 5.78. The highest BCUT2D eigenvalue weighted by molar-refractivity contribution is 5.51. The third-order valence-corrected chi connectivity index (χ3v) is 2.98. The van der Waals surface area contributed by atoms with Crippen molar-refractivity contribution in [2.45, 2.75) is 26.2 Å². The fourth-order valence-electron chi connectivity index (χ4n) is 1.94. The van der Waals surface area contributed by atoms with Crippen molar-refractivity contribution in [2.75, 3.05) is 13.6 Å². The van der Waals surface area contributed by atoms with Crippen molar-refractivity contribution in [1.29, 1.82) is 0 Å². The molecule has 0 aliphatic heterocycles. The lowest BCUT2D eigenvalue weighted by atomic mass is 10.1. The van der Waals surface area contributed by atoms with Gasteiger partial charge in [0.05, 0.1) is 0 Å². The molecular formula is C14H19N3O. The van der Waals surface area contributed by atoms with Crippen LogP contribution in [0.1, 0.15) is 30.8 Å². The minimum atomic E-state index is 0.339. The van der Waals surface area contributed by atoms with Crippen molar-refractivity contribution in [2.24, 2.45) is 0 Å². The van der Waals surface area contributed by atoms with Crippen molar-refractivity contribution in [1.82, 2.24) is 15.3 Å². The van der Waals surface area contributed by atoms with Crippen LogP contribution in [-0.2, 0) is 0 Å². The molecule has 2 rings (SSSR count). The van der Waals surface area contributed by atoms with E-state index < -0.39 is 0 Å². The molecule has 0 amide bonds. The van der Waals surface area contributed by atoms with Crippen molar-refractivity contribution in [3.63, 3.8) is 0 Å². The van der Waals surface area contributed by atoms with Crippen LogP contribution in [0.2, 0.25) is 0 Å². The van der Waals surface area contributed by atoms with Gasteiger partial charge in [-0.3, -0.25) is 0 Å². The van der Waals surface area contributed by atoms with Gasteiger partial charge in [0.25, 0.3) is 0 Å². The Kier molecular flexibility index (Phi) is 4.10. The number of aryl methyl sites for hydroxylation is 1. The van der Waals surface area contributed by atoms with Crippen LogP contribution in [-0.4, -0.2) is 23.6 Å². The zero-order valence-corrected chi connectivity index (χ0v) is 11.1. The highest BCUT2D eigenvalue weighted by Gasteiger charge is 2.13. The summed E-state index contributed by atoms with van der Waals surface area (Å²) in [7, 11) is 1.95. The van der Waals surface area contributed by atoms with Gasteiger partial charge in [0.15, 0.2) is 5.76 Å². The van der Waals surface area contributed by atoms with E-state index >= 15 is 0 Å². The maximum atomic E-state index is 5.59. The Hall–Kier alpha value is -1.68. The second-order valence-electron chi connectivity index (χ2n) is 4.37. The maximum Gasteiger partial charge on any atom is 0.152 e. The van der Waals surface area contributed by atoms with Gasteiger partial charge in [-0.15, -0.1) is 0 Å². The molecule has 2 heterocycles. The fourth-order valence-corrected chi connectivity index (χ4v) is 1.94. The minimum Gasteiger partial charge on any atom is -0.460 e. The Morgan fingerprint density at radius 2 is 2.17 bits per heavy atom. The first-order valence-electron chi connectivity index (χ1n) is 6.29. The smallest absolute Gasteiger partial charge is 0.152 e. The zero-order valence-electron chi connectivity index (χ0n) is 11.1. The first-order chi connectivity index (χ1) is 8.74. The van der Waals surface area contributed by atoms with E-state index in [0.717, 1.165) is 36.0 Å². The summed E-state index contributed by atoms with van der Waals surface area (Å²) in [5.41, 5.74) is 0.850. The predicted molar refractivity (Wildman–Crippen MR) is 71.4 cm³/mol. The molecule has 0 aliphatic carbocycles. The Morgan fingerprint density at radius 3 is 2.78 bits per heavy atom. The molecule has 96 valence electrons. The van der Waals surface area contributed by atoms with Crippen LogP contribution < -0.4 is 5.32 Å². The predicted octanol–water partition coefficient (Wildman–Crippen LogP) is 2.76. The summed E-state index contributed by atoms with van der Waals surface area (Å²) in [4.78, 5) is 8.97. The maximum absolute atomic E-state index is 5.59. The average Bonchev–Trinajstić information content (AvgIpc) is 2.83. The minimum absolute atomic E-state index is 0.339. The number of hydrogen-bond acceptors (Lipinski definition) is 4. The molecule has 0 radical (unpaired) electrons. The molecule has 0 bridgehead atoms. The summed E-state index contributed by atoms with van der Waals surface area (Å²) in [6, 6.07) is 5.77. The van der Waals surface area contributed by atoms with E-state index in [-0.39, 0.29) is 0 Å². The number of likely N-dealkylation sites (N-methyl/N-ethyl adjacent to an activating group) is 1. The summed E-state index contributed by atoms with van der Waals surface area (Å²) in [6.07, 6.45) is 2.81. The number of rotatable bonds is 5. The highest BCUT2D eigenvalue weighted by Crippen LogP contribution is 2.22. The molecule has 4 heteroatoms. The Labute approximate surface area is 107 Å². The number of hydrogen-bond donors (Lipinski definition) is 1. The Bertz CT molecular complexity index is 507. The van der Waals surface area contributed by atoms with E-state index in [1.807, 2.05) is 32.2 Å². The zero-order chi connectivity index (χ0) is 13.0. The van der Waals surface area contributed by atoms with Crippen LogP contribution in [0.3, 0.4) is 0 Å². The summed E-state index contributed by atoms with van der Waals surface area (Å²) in [5.74, 6) is 2.91. The van der Waals surface area contributed by atoms with Gasteiger partial charge >= 0.3 is 0 Å². The molecule has 4 nitrogen and oxygen atoms in total. The number of nitrogens with zero attached hydrogens (tertiary/aromatic N) is 2. The third kappa shape index (κ3) is 2.76. The van der Waals surface area contributed by atoms with Crippen molar-refractivity contribution in [3.8, 4) is 11.5 Å². The number of nitrogens with one attached hydrogen (secondary N) is 1. The van der Waals surface area contributed by atoms with Crippen molar-refractivity contribution >= 4 is 0 Å². The molecule has 1 atom stereocenters. The Morgan fingerprint density at radius 1 is 1.33 bits per heavy atom. The monoisotopic (exact) mass is 245 g/mol. The van der Waals surface area contributed by atoms with E-state index in [1.54, 1.807) is 6.20 Å². The second-order valence-corrected chi connectivity index (χ2v) is 4.37. The lowest BCUT2D eigenvalue weighted by Gasteiger charge is -2.12. The van der Waals surface area contributed by atoms with Crippen LogP contribution in [0, 0.1) is 6.92 Å². The number of furan rings is 1. The molecule has 0 saturated carbocycles. The topological polar surface area (TPSA) is 51.0 Å². The van der Waals surface area contributed by atoms with E-state index in [0.29, 0.717) is 5.92 Å². The molecule has 1 unspecified atom stereocenters. The normalized spacial score (nSPS) is 12.6. The highest BCUT2D eigenvalue weighted by atomic mass is 16.3. The first-order valence-corrected chi connectivity index (χ1v) is 6.29. The quantitative estimate of drug-likeness (QED) is 0.880. The lowest BCUT2D eigenvalue weighted by molar-refractivity contribution is 0.542. The molecule has 1 N–H and O–H groups in total. The van der Waals surface area contributed by atoms with Crippen LogP contribution in [0.25, 0.3) is 11.5 Å². The third-order valence-electron chi connectivity index (χ3n) is 2.98. The van der Waals surface area contributed by atoms with Gasteiger partial charge in [-0.25, -0.2) is 9.97 Å². The molecule has 2 aromatic heterocycles. The molecular weight excluding hydrogens is 226 g/mol. The van der Waals surface area contributed by atoms with E-state index in [1.165, 1.54) is 0 Å². The summed E-state index contributed by atoms with van der Waals surface area (Å²) in [5, 5.41) is 3.18. The van der Waals surface area contributed by atoms with Crippen LogP contribution in [0.4, 0.5) is 0 Å². The van der Waals surface area contributed by atoms with E-state index in [9.17, 15) is 0 Å².